The smallest absolute Gasteiger partial charge is 0.272 e. The Bertz CT molecular complexity index is 380. The number of hydrogen-bond donors (Lipinski definition) is 1. The summed E-state index contributed by atoms with van der Waals surface area (Å²) >= 11 is 0. The predicted octanol–water partition coefficient (Wildman–Crippen LogP) is 0.634. The molecule has 1 aromatic rings. The lowest BCUT2D eigenvalue weighted by Gasteiger charge is -2.32. The predicted molar refractivity (Wildman–Crippen MR) is 65.8 cm³/mol. The molecule has 1 aliphatic heterocycles. The molecule has 17 heavy (non-hydrogen) atoms. The fraction of sp³-hybridized carbons (Fsp3) is 0.667. The summed E-state index contributed by atoms with van der Waals surface area (Å²) in [5, 5.41) is 3.43. The lowest BCUT2D eigenvalue weighted by Crippen LogP contribution is -2.45. The van der Waals surface area contributed by atoms with Gasteiger partial charge in [0.05, 0.1) is 12.5 Å². The maximum Gasteiger partial charge on any atom is 0.272 e. The first-order valence-corrected chi connectivity index (χ1v) is 6.21. The number of hydrogen-bond acceptors (Lipinski definition) is 3. The zero-order valence-electron chi connectivity index (χ0n) is 10.5. The largest absolute Gasteiger partial charge is 0.337 e. The summed E-state index contributed by atoms with van der Waals surface area (Å²) in [6.45, 7) is 4.79. The molecule has 0 unspecified atom stereocenters. The molecule has 1 amide bonds. The molecule has 0 saturated carbocycles. The zero-order chi connectivity index (χ0) is 12.3. The van der Waals surface area contributed by atoms with E-state index in [2.05, 4.69) is 17.2 Å². The summed E-state index contributed by atoms with van der Waals surface area (Å²) in [7, 11) is 1.85. The molecule has 94 valence electrons. The standard InChI is InChI=1S/C12H20N4O/c1-3-14-10-4-6-16(7-5-10)12(17)11-8-13-9-15(11)2/h8-10,14H,3-7H2,1-2H3. The average molecular weight is 236 g/mol. The molecule has 2 rings (SSSR count). The van der Waals surface area contributed by atoms with Crippen LogP contribution >= 0.6 is 0 Å². The van der Waals surface area contributed by atoms with E-state index in [1.807, 2.05) is 11.9 Å². The second-order valence-electron chi connectivity index (χ2n) is 4.51. The van der Waals surface area contributed by atoms with Crippen molar-refractivity contribution in [3.8, 4) is 0 Å². The Morgan fingerprint density at radius 2 is 2.24 bits per heavy atom. The van der Waals surface area contributed by atoms with Gasteiger partial charge in [-0.3, -0.25) is 4.79 Å². The molecule has 5 heteroatoms. The molecule has 0 aliphatic carbocycles. The summed E-state index contributed by atoms with van der Waals surface area (Å²) in [4.78, 5) is 18.1. The van der Waals surface area contributed by atoms with Gasteiger partial charge in [0, 0.05) is 26.2 Å². The number of nitrogens with zero attached hydrogens (tertiary/aromatic N) is 3. The molecule has 0 bridgehead atoms. The summed E-state index contributed by atoms with van der Waals surface area (Å²) in [6.07, 6.45) is 5.38. The van der Waals surface area contributed by atoms with Crippen LogP contribution in [0.3, 0.4) is 0 Å². The number of rotatable bonds is 3. The van der Waals surface area contributed by atoms with Crippen molar-refractivity contribution in [3.05, 3.63) is 18.2 Å². The third-order valence-corrected chi connectivity index (χ3v) is 3.31. The minimum Gasteiger partial charge on any atom is -0.337 e. The van der Waals surface area contributed by atoms with Crippen LogP contribution in [-0.2, 0) is 7.05 Å². The molecular weight excluding hydrogens is 216 g/mol. The minimum absolute atomic E-state index is 0.0972. The number of nitrogens with one attached hydrogen (secondary N) is 1. The topological polar surface area (TPSA) is 50.2 Å². The van der Waals surface area contributed by atoms with Gasteiger partial charge in [-0.1, -0.05) is 6.92 Å². The fourth-order valence-electron chi connectivity index (χ4n) is 2.30. The van der Waals surface area contributed by atoms with Gasteiger partial charge in [-0.2, -0.15) is 0 Å². The van der Waals surface area contributed by atoms with E-state index in [9.17, 15) is 4.79 Å². The maximum absolute atomic E-state index is 12.2. The van der Waals surface area contributed by atoms with Crippen LogP contribution in [0.2, 0.25) is 0 Å². The molecule has 1 fully saturated rings. The van der Waals surface area contributed by atoms with Gasteiger partial charge in [0.15, 0.2) is 0 Å². The summed E-state index contributed by atoms with van der Waals surface area (Å²) < 4.78 is 1.78. The number of likely N-dealkylation sites (tertiary alicyclic amines) is 1. The Labute approximate surface area is 102 Å². The fourth-order valence-corrected chi connectivity index (χ4v) is 2.30. The van der Waals surface area contributed by atoms with Crippen molar-refractivity contribution in [1.82, 2.24) is 19.8 Å². The maximum atomic E-state index is 12.2. The van der Waals surface area contributed by atoms with E-state index in [1.165, 1.54) is 0 Å². The van der Waals surface area contributed by atoms with Crippen LogP contribution in [0.25, 0.3) is 0 Å². The highest BCUT2D eigenvalue weighted by Gasteiger charge is 2.24. The highest BCUT2D eigenvalue weighted by Crippen LogP contribution is 2.13. The minimum atomic E-state index is 0.0972. The molecule has 0 aromatic carbocycles. The normalized spacial score (nSPS) is 17.4. The van der Waals surface area contributed by atoms with Crippen molar-refractivity contribution >= 4 is 5.91 Å². The van der Waals surface area contributed by atoms with Gasteiger partial charge >= 0.3 is 0 Å². The molecule has 2 heterocycles. The van der Waals surface area contributed by atoms with Crippen LogP contribution in [0.1, 0.15) is 30.3 Å². The number of carbonyl (C=O) groups is 1. The second-order valence-corrected chi connectivity index (χ2v) is 4.51. The van der Waals surface area contributed by atoms with Gasteiger partial charge < -0.3 is 14.8 Å². The van der Waals surface area contributed by atoms with E-state index >= 15 is 0 Å². The van der Waals surface area contributed by atoms with Gasteiger partial charge in [-0.15, -0.1) is 0 Å². The molecule has 1 saturated heterocycles. The molecule has 1 aliphatic rings. The van der Waals surface area contributed by atoms with Crippen molar-refractivity contribution in [2.45, 2.75) is 25.8 Å². The van der Waals surface area contributed by atoms with E-state index < -0.39 is 0 Å². The Morgan fingerprint density at radius 3 is 2.76 bits per heavy atom. The zero-order valence-corrected chi connectivity index (χ0v) is 10.5. The first-order valence-electron chi connectivity index (χ1n) is 6.21. The van der Waals surface area contributed by atoms with Crippen LogP contribution in [-0.4, -0.2) is 46.0 Å². The summed E-state index contributed by atoms with van der Waals surface area (Å²) in [6, 6.07) is 0.565. The molecular formula is C12H20N4O. The third kappa shape index (κ3) is 2.66. The number of aryl methyl sites for hydroxylation is 1. The van der Waals surface area contributed by atoms with Crippen LogP contribution in [0, 0.1) is 0 Å². The Kier molecular flexibility index (Phi) is 3.78. The van der Waals surface area contributed by atoms with Crippen LogP contribution in [0.4, 0.5) is 0 Å². The number of piperidine rings is 1. The SMILES string of the molecule is CCNC1CCN(C(=O)c2cncn2C)CC1. The Hall–Kier alpha value is -1.36. The second kappa shape index (κ2) is 5.31. The van der Waals surface area contributed by atoms with Crippen LogP contribution in [0.15, 0.2) is 12.5 Å². The van der Waals surface area contributed by atoms with Crippen molar-refractivity contribution in [2.75, 3.05) is 19.6 Å². The van der Waals surface area contributed by atoms with Crippen LogP contribution < -0.4 is 5.32 Å². The van der Waals surface area contributed by atoms with Crippen molar-refractivity contribution in [3.63, 3.8) is 0 Å². The summed E-state index contributed by atoms with van der Waals surface area (Å²) in [5.41, 5.74) is 0.673. The van der Waals surface area contributed by atoms with Crippen molar-refractivity contribution < 1.29 is 4.79 Å². The van der Waals surface area contributed by atoms with Gasteiger partial charge in [0.2, 0.25) is 0 Å². The number of carbonyl (C=O) groups excluding carboxylic acids is 1. The van der Waals surface area contributed by atoms with E-state index in [-0.39, 0.29) is 5.91 Å². The molecule has 5 nitrogen and oxygen atoms in total. The lowest BCUT2D eigenvalue weighted by atomic mass is 10.0. The Morgan fingerprint density at radius 1 is 1.53 bits per heavy atom. The Balaban J connectivity index is 1.93. The van der Waals surface area contributed by atoms with Gasteiger partial charge in [0.25, 0.3) is 5.91 Å². The highest BCUT2D eigenvalue weighted by molar-refractivity contribution is 5.92. The monoisotopic (exact) mass is 236 g/mol. The lowest BCUT2D eigenvalue weighted by molar-refractivity contribution is 0.0696. The third-order valence-electron chi connectivity index (χ3n) is 3.31. The van der Waals surface area contributed by atoms with Crippen molar-refractivity contribution in [2.24, 2.45) is 7.05 Å². The van der Waals surface area contributed by atoms with Gasteiger partial charge in [0.1, 0.15) is 5.69 Å². The summed E-state index contributed by atoms with van der Waals surface area (Å²) in [5.74, 6) is 0.0972. The average Bonchev–Trinajstić information content (AvgIpc) is 2.76. The number of imidazole rings is 1. The number of amides is 1. The molecule has 0 radical (unpaired) electrons. The first-order chi connectivity index (χ1) is 8.22. The molecule has 0 atom stereocenters. The van der Waals surface area contributed by atoms with E-state index in [4.69, 9.17) is 0 Å². The molecule has 1 N–H and O–H groups in total. The van der Waals surface area contributed by atoms with Crippen LogP contribution in [0.5, 0.6) is 0 Å². The van der Waals surface area contributed by atoms with E-state index in [0.29, 0.717) is 11.7 Å². The van der Waals surface area contributed by atoms with Gasteiger partial charge in [-0.05, 0) is 19.4 Å². The molecule has 1 aromatic heterocycles. The first kappa shape index (κ1) is 12.1. The van der Waals surface area contributed by atoms with E-state index in [1.54, 1.807) is 17.1 Å². The van der Waals surface area contributed by atoms with E-state index in [0.717, 1.165) is 32.5 Å². The van der Waals surface area contributed by atoms with Gasteiger partial charge in [-0.25, -0.2) is 4.98 Å². The van der Waals surface area contributed by atoms with Crippen molar-refractivity contribution in [1.29, 1.82) is 0 Å². The molecule has 0 spiro atoms. The quantitative estimate of drug-likeness (QED) is 0.837. The number of aromatic nitrogens is 2. The highest BCUT2D eigenvalue weighted by atomic mass is 16.2.